The molecule has 0 bridgehead atoms. The minimum Gasteiger partial charge on any atom is -0.493 e. The molecule has 0 unspecified atom stereocenters. The Kier molecular flexibility index (Phi) is 6.40. The molecule has 6 nitrogen and oxygen atoms in total. The third-order valence-electron chi connectivity index (χ3n) is 5.52. The molecule has 0 aliphatic rings. The number of likely N-dealkylation sites (N-methyl/N-ethyl adjacent to an activating group) is 1. The number of anilines is 1. The van der Waals surface area contributed by atoms with Crippen molar-refractivity contribution in [2.75, 3.05) is 25.7 Å². The van der Waals surface area contributed by atoms with Crippen LogP contribution in [0.3, 0.4) is 0 Å². The zero-order valence-corrected chi connectivity index (χ0v) is 18.6. The van der Waals surface area contributed by atoms with Crippen LogP contribution >= 0.6 is 0 Å². The summed E-state index contributed by atoms with van der Waals surface area (Å²) in [5, 5.41) is 0. The van der Waals surface area contributed by atoms with Crippen molar-refractivity contribution in [3.8, 4) is 11.5 Å². The lowest BCUT2D eigenvalue weighted by molar-refractivity contribution is -0.119. The molecule has 0 saturated heterocycles. The van der Waals surface area contributed by atoms with Gasteiger partial charge < -0.3 is 18.9 Å². The van der Waals surface area contributed by atoms with Gasteiger partial charge in [0.25, 0.3) is 0 Å². The van der Waals surface area contributed by atoms with E-state index >= 15 is 0 Å². The normalized spacial score (nSPS) is 10.8. The van der Waals surface area contributed by atoms with Gasteiger partial charge in [-0.05, 0) is 48.9 Å². The highest BCUT2D eigenvalue weighted by Crippen LogP contribution is 2.29. The molecule has 4 aromatic rings. The number of imidazole rings is 1. The monoisotopic (exact) mass is 429 g/mol. The SMILES string of the molecule is CCN(C(=O)Cn1c(Cc2ccc(OC)c(OC)c2)nc2ccccc21)c1ccccc1. The smallest absolute Gasteiger partial charge is 0.246 e. The Bertz CT molecular complexity index is 1220. The first kappa shape index (κ1) is 21.4. The van der Waals surface area contributed by atoms with Crippen molar-refractivity contribution in [3.05, 3.63) is 84.2 Å². The summed E-state index contributed by atoms with van der Waals surface area (Å²) < 4.78 is 12.8. The fourth-order valence-corrected chi connectivity index (χ4v) is 3.94. The average molecular weight is 430 g/mol. The van der Waals surface area contributed by atoms with Crippen LogP contribution in [0.4, 0.5) is 5.69 Å². The van der Waals surface area contributed by atoms with E-state index in [9.17, 15) is 4.79 Å². The molecule has 4 rings (SSSR count). The summed E-state index contributed by atoms with van der Waals surface area (Å²) in [6.07, 6.45) is 0.569. The van der Waals surface area contributed by atoms with Crippen LogP contribution < -0.4 is 14.4 Å². The van der Waals surface area contributed by atoms with Crippen molar-refractivity contribution >= 4 is 22.6 Å². The topological polar surface area (TPSA) is 56.6 Å². The molecule has 0 N–H and O–H groups in total. The third kappa shape index (κ3) is 4.30. The molecule has 3 aromatic carbocycles. The average Bonchev–Trinajstić information content (AvgIpc) is 3.17. The number of ether oxygens (including phenoxy) is 2. The molecular weight excluding hydrogens is 402 g/mol. The first-order chi connectivity index (χ1) is 15.6. The van der Waals surface area contributed by atoms with Gasteiger partial charge in [0, 0.05) is 18.7 Å². The summed E-state index contributed by atoms with van der Waals surface area (Å²) in [5.74, 6) is 2.21. The zero-order valence-electron chi connectivity index (χ0n) is 18.6. The summed E-state index contributed by atoms with van der Waals surface area (Å²) in [7, 11) is 3.24. The van der Waals surface area contributed by atoms with Crippen LogP contribution in [-0.4, -0.2) is 36.2 Å². The van der Waals surface area contributed by atoms with E-state index in [1.165, 1.54) is 0 Å². The van der Waals surface area contributed by atoms with Gasteiger partial charge in [-0.1, -0.05) is 36.4 Å². The molecule has 6 heteroatoms. The number of hydrogen-bond donors (Lipinski definition) is 0. The Morgan fingerprint density at radius 2 is 1.66 bits per heavy atom. The molecule has 32 heavy (non-hydrogen) atoms. The third-order valence-corrected chi connectivity index (χ3v) is 5.52. The first-order valence-electron chi connectivity index (χ1n) is 10.6. The predicted molar refractivity (Wildman–Crippen MR) is 127 cm³/mol. The van der Waals surface area contributed by atoms with Crippen LogP contribution in [-0.2, 0) is 17.8 Å². The van der Waals surface area contributed by atoms with Crippen LogP contribution in [0.1, 0.15) is 18.3 Å². The number of nitrogens with zero attached hydrogens (tertiary/aromatic N) is 3. The second kappa shape index (κ2) is 9.56. The van der Waals surface area contributed by atoms with E-state index in [4.69, 9.17) is 14.5 Å². The van der Waals surface area contributed by atoms with Crippen molar-refractivity contribution in [2.45, 2.75) is 19.9 Å². The maximum atomic E-state index is 13.3. The summed E-state index contributed by atoms with van der Waals surface area (Å²) in [6, 6.07) is 23.5. The van der Waals surface area contributed by atoms with Crippen LogP contribution in [0.25, 0.3) is 11.0 Å². The number of fused-ring (bicyclic) bond motifs is 1. The second-order valence-corrected chi connectivity index (χ2v) is 7.44. The van der Waals surface area contributed by atoms with Crippen molar-refractivity contribution in [1.82, 2.24) is 9.55 Å². The van der Waals surface area contributed by atoms with Gasteiger partial charge in [-0.2, -0.15) is 0 Å². The van der Waals surface area contributed by atoms with Gasteiger partial charge in [0.1, 0.15) is 12.4 Å². The maximum absolute atomic E-state index is 13.3. The fourth-order valence-electron chi connectivity index (χ4n) is 3.94. The molecule has 0 aliphatic heterocycles. The molecule has 0 aliphatic carbocycles. The van der Waals surface area contributed by atoms with Gasteiger partial charge >= 0.3 is 0 Å². The Hall–Kier alpha value is -3.80. The molecule has 1 aromatic heterocycles. The van der Waals surface area contributed by atoms with Gasteiger partial charge in [0.05, 0.1) is 25.3 Å². The van der Waals surface area contributed by atoms with E-state index in [0.29, 0.717) is 24.5 Å². The standard InChI is InChI=1S/C26H27N3O3/c1-4-28(20-10-6-5-7-11-20)26(30)18-29-22-13-9-8-12-21(22)27-25(29)17-19-14-15-23(31-2)24(16-19)32-3/h5-16H,4,17-18H2,1-3H3. The molecule has 164 valence electrons. The van der Waals surface area contributed by atoms with Gasteiger partial charge in [-0.25, -0.2) is 4.98 Å². The molecule has 0 saturated carbocycles. The number of para-hydroxylation sites is 3. The lowest BCUT2D eigenvalue weighted by atomic mass is 10.1. The Morgan fingerprint density at radius 1 is 0.938 bits per heavy atom. The number of carbonyl (C=O) groups excluding carboxylic acids is 1. The predicted octanol–water partition coefficient (Wildman–Crippen LogP) is 4.70. The van der Waals surface area contributed by atoms with E-state index in [1.807, 2.05) is 84.3 Å². The van der Waals surface area contributed by atoms with Gasteiger partial charge in [-0.3, -0.25) is 4.79 Å². The Morgan fingerprint density at radius 3 is 2.38 bits per heavy atom. The highest BCUT2D eigenvalue weighted by molar-refractivity contribution is 5.94. The van der Waals surface area contributed by atoms with Gasteiger partial charge in [-0.15, -0.1) is 0 Å². The number of amides is 1. The van der Waals surface area contributed by atoms with Crippen molar-refractivity contribution in [3.63, 3.8) is 0 Å². The first-order valence-corrected chi connectivity index (χ1v) is 10.6. The highest BCUT2D eigenvalue weighted by Gasteiger charge is 2.19. The van der Waals surface area contributed by atoms with E-state index in [1.54, 1.807) is 19.1 Å². The van der Waals surface area contributed by atoms with E-state index in [-0.39, 0.29) is 12.5 Å². The highest BCUT2D eigenvalue weighted by atomic mass is 16.5. The molecular formula is C26H27N3O3. The summed E-state index contributed by atoms with van der Waals surface area (Å²) in [6.45, 7) is 2.80. The van der Waals surface area contributed by atoms with Crippen molar-refractivity contribution in [2.24, 2.45) is 0 Å². The summed E-state index contributed by atoms with van der Waals surface area (Å²) in [4.78, 5) is 20.0. The largest absolute Gasteiger partial charge is 0.493 e. The summed E-state index contributed by atoms with van der Waals surface area (Å²) in [5.41, 5.74) is 3.74. The molecule has 0 spiro atoms. The second-order valence-electron chi connectivity index (χ2n) is 7.44. The Balaban J connectivity index is 1.68. The quantitative estimate of drug-likeness (QED) is 0.408. The van der Waals surface area contributed by atoms with Crippen LogP contribution in [0.2, 0.25) is 0 Å². The van der Waals surface area contributed by atoms with Crippen LogP contribution in [0.15, 0.2) is 72.8 Å². The molecule has 0 radical (unpaired) electrons. The van der Waals surface area contributed by atoms with E-state index in [2.05, 4.69) is 0 Å². The van der Waals surface area contributed by atoms with Gasteiger partial charge in [0.2, 0.25) is 5.91 Å². The lowest BCUT2D eigenvalue weighted by Crippen LogP contribution is -2.34. The molecule has 0 fully saturated rings. The fraction of sp³-hybridized carbons (Fsp3) is 0.231. The number of rotatable bonds is 8. The Labute approximate surface area is 188 Å². The summed E-state index contributed by atoms with van der Waals surface area (Å²) >= 11 is 0. The number of methoxy groups -OCH3 is 2. The van der Waals surface area contributed by atoms with E-state index < -0.39 is 0 Å². The van der Waals surface area contributed by atoms with Crippen LogP contribution in [0, 0.1) is 0 Å². The van der Waals surface area contributed by atoms with Gasteiger partial charge in [0.15, 0.2) is 11.5 Å². The van der Waals surface area contributed by atoms with Crippen LogP contribution in [0.5, 0.6) is 11.5 Å². The minimum atomic E-state index is 0.0235. The molecule has 1 amide bonds. The zero-order chi connectivity index (χ0) is 22.5. The number of aromatic nitrogens is 2. The van der Waals surface area contributed by atoms with Crippen molar-refractivity contribution < 1.29 is 14.3 Å². The molecule has 1 heterocycles. The van der Waals surface area contributed by atoms with Crippen molar-refractivity contribution in [1.29, 1.82) is 0 Å². The minimum absolute atomic E-state index is 0.0235. The molecule has 0 atom stereocenters. The number of hydrogen-bond acceptors (Lipinski definition) is 4. The number of benzene rings is 3. The number of carbonyl (C=O) groups is 1. The van der Waals surface area contributed by atoms with E-state index in [0.717, 1.165) is 28.1 Å². The maximum Gasteiger partial charge on any atom is 0.246 e. The lowest BCUT2D eigenvalue weighted by Gasteiger charge is -2.22.